The molecule has 2 heterocycles. The van der Waals surface area contributed by atoms with E-state index in [1.54, 1.807) is 26.8 Å². The Hall–Kier alpha value is -1.63. The number of hydrogen-bond acceptors (Lipinski definition) is 5. The second-order valence-electron chi connectivity index (χ2n) is 7.74. The van der Waals surface area contributed by atoms with E-state index < -0.39 is 14.6 Å². The molecule has 0 radical (unpaired) electrons. The molecule has 2 atom stereocenters. The van der Waals surface area contributed by atoms with E-state index in [0.29, 0.717) is 5.69 Å². The van der Waals surface area contributed by atoms with E-state index >= 15 is 0 Å². The number of pyridine rings is 1. The standard InChI is InChI=1S/C18H29N3O3S/c1-13-8-6-7-11-21(13)17(22)14(2)20-15-9-10-16(19-12-15)25(23,24)18(3,4)5/h9-10,12-14,20H,6-8,11H2,1-5H3. The van der Waals surface area contributed by atoms with E-state index in [9.17, 15) is 13.2 Å². The van der Waals surface area contributed by atoms with Crippen molar-refractivity contribution < 1.29 is 13.2 Å². The number of sulfone groups is 1. The van der Waals surface area contributed by atoms with Crippen LogP contribution in [-0.2, 0) is 14.6 Å². The summed E-state index contributed by atoms with van der Waals surface area (Å²) in [6.45, 7) is 9.65. The lowest BCUT2D eigenvalue weighted by Crippen LogP contribution is -2.48. The van der Waals surface area contributed by atoms with Gasteiger partial charge in [0.2, 0.25) is 5.91 Å². The summed E-state index contributed by atoms with van der Waals surface area (Å²) in [5.74, 6) is 0.0681. The Morgan fingerprint density at radius 3 is 2.52 bits per heavy atom. The van der Waals surface area contributed by atoms with Crippen molar-refractivity contribution >= 4 is 21.4 Å². The number of amides is 1. The largest absolute Gasteiger partial charge is 0.373 e. The third-order valence-electron chi connectivity index (χ3n) is 4.66. The molecule has 6 nitrogen and oxygen atoms in total. The van der Waals surface area contributed by atoms with Crippen LogP contribution in [0.15, 0.2) is 23.4 Å². The van der Waals surface area contributed by atoms with Gasteiger partial charge >= 0.3 is 0 Å². The van der Waals surface area contributed by atoms with Gasteiger partial charge in [-0.15, -0.1) is 0 Å². The van der Waals surface area contributed by atoms with Gasteiger partial charge in [0.1, 0.15) is 6.04 Å². The number of aromatic nitrogens is 1. The molecule has 1 N–H and O–H groups in total. The number of piperidine rings is 1. The highest BCUT2D eigenvalue weighted by molar-refractivity contribution is 7.92. The number of rotatable bonds is 4. The first-order valence-corrected chi connectivity index (χ1v) is 10.3. The van der Waals surface area contributed by atoms with Crippen molar-refractivity contribution in [2.45, 2.75) is 75.7 Å². The summed E-state index contributed by atoms with van der Waals surface area (Å²) in [6, 6.07) is 3.04. The molecule has 0 spiro atoms. The first kappa shape index (κ1) is 19.7. The molecular formula is C18H29N3O3S. The third kappa shape index (κ3) is 4.32. The fraction of sp³-hybridized carbons (Fsp3) is 0.667. The fourth-order valence-corrected chi connectivity index (χ4v) is 3.99. The minimum Gasteiger partial charge on any atom is -0.373 e. The number of nitrogens with zero attached hydrogens (tertiary/aromatic N) is 2. The van der Waals surface area contributed by atoms with Gasteiger partial charge < -0.3 is 10.2 Å². The maximum atomic E-state index is 12.6. The average molecular weight is 368 g/mol. The van der Waals surface area contributed by atoms with Crippen LogP contribution >= 0.6 is 0 Å². The monoisotopic (exact) mass is 367 g/mol. The molecule has 1 aromatic heterocycles. The van der Waals surface area contributed by atoms with E-state index in [1.165, 1.54) is 18.7 Å². The molecule has 1 amide bonds. The van der Waals surface area contributed by atoms with Crippen molar-refractivity contribution in [1.82, 2.24) is 9.88 Å². The normalized spacial score (nSPS) is 20.2. The smallest absolute Gasteiger partial charge is 0.245 e. The van der Waals surface area contributed by atoms with E-state index in [1.807, 2.05) is 11.8 Å². The molecule has 7 heteroatoms. The Balaban J connectivity index is 2.07. The zero-order chi connectivity index (χ0) is 18.8. The molecule has 1 fully saturated rings. The summed E-state index contributed by atoms with van der Waals surface area (Å²) in [4.78, 5) is 18.6. The van der Waals surface area contributed by atoms with Crippen LogP contribution in [0.3, 0.4) is 0 Å². The molecule has 0 bridgehead atoms. The Morgan fingerprint density at radius 2 is 2.00 bits per heavy atom. The molecule has 1 saturated heterocycles. The highest BCUT2D eigenvalue weighted by Gasteiger charge is 2.32. The molecule has 1 aliphatic heterocycles. The summed E-state index contributed by atoms with van der Waals surface area (Å²) >= 11 is 0. The number of carbonyl (C=O) groups is 1. The zero-order valence-electron chi connectivity index (χ0n) is 15.7. The zero-order valence-corrected chi connectivity index (χ0v) is 16.6. The maximum Gasteiger partial charge on any atom is 0.245 e. The Labute approximate surface area is 150 Å². The van der Waals surface area contributed by atoms with Crippen LogP contribution in [0, 0.1) is 0 Å². The molecular weight excluding hydrogens is 338 g/mol. The van der Waals surface area contributed by atoms with Gasteiger partial charge in [0.05, 0.1) is 16.6 Å². The van der Waals surface area contributed by atoms with Crippen LogP contribution < -0.4 is 5.32 Å². The lowest BCUT2D eigenvalue weighted by molar-refractivity contribution is -0.134. The summed E-state index contributed by atoms with van der Waals surface area (Å²) < 4.78 is 23.9. The first-order valence-electron chi connectivity index (χ1n) is 8.82. The Morgan fingerprint density at radius 1 is 1.32 bits per heavy atom. The van der Waals surface area contributed by atoms with Crippen molar-refractivity contribution in [3.63, 3.8) is 0 Å². The van der Waals surface area contributed by atoms with E-state index in [2.05, 4.69) is 17.2 Å². The van der Waals surface area contributed by atoms with Gasteiger partial charge in [-0.1, -0.05) is 0 Å². The summed E-state index contributed by atoms with van der Waals surface area (Å²) in [6.07, 6.45) is 4.73. The van der Waals surface area contributed by atoms with Crippen molar-refractivity contribution in [2.24, 2.45) is 0 Å². The van der Waals surface area contributed by atoms with Gasteiger partial charge in [-0.25, -0.2) is 13.4 Å². The number of likely N-dealkylation sites (tertiary alicyclic amines) is 1. The molecule has 25 heavy (non-hydrogen) atoms. The van der Waals surface area contributed by atoms with Gasteiger partial charge in [0.25, 0.3) is 0 Å². The van der Waals surface area contributed by atoms with Gasteiger partial charge in [-0.05, 0) is 66.0 Å². The maximum absolute atomic E-state index is 12.6. The minimum absolute atomic E-state index is 0.0502. The first-order chi connectivity index (χ1) is 11.5. The van der Waals surface area contributed by atoms with Gasteiger partial charge in [0.15, 0.2) is 14.9 Å². The van der Waals surface area contributed by atoms with Crippen LogP contribution in [0.25, 0.3) is 0 Å². The van der Waals surface area contributed by atoms with Crippen LogP contribution in [0.1, 0.15) is 53.9 Å². The second-order valence-corrected chi connectivity index (χ2v) is 10.4. The third-order valence-corrected chi connectivity index (χ3v) is 7.06. The number of hydrogen-bond donors (Lipinski definition) is 1. The molecule has 0 saturated carbocycles. The highest BCUT2D eigenvalue weighted by Crippen LogP contribution is 2.24. The van der Waals surface area contributed by atoms with Crippen LogP contribution in [-0.4, -0.2) is 47.6 Å². The topological polar surface area (TPSA) is 79.4 Å². The average Bonchev–Trinajstić information content (AvgIpc) is 2.54. The van der Waals surface area contributed by atoms with Crippen LogP contribution in [0.5, 0.6) is 0 Å². The Bertz CT molecular complexity index is 708. The second kappa shape index (κ2) is 7.32. The molecule has 1 aromatic rings. The molecule has 2 unspecified atom stereocenters. The molecule has 1 aliphatic rings. The molecule has 0 aliphatic carbocycles. The number of carbonyl (C=O) groups excluding carboxylic acids is 1. The number of nitrogens with one attached hydrogen (secondary N) is 1. The van der Waals surface area contributed by atoms with Crippen molar-refractivity contribution in [3.8, 4) is 0 Å². The lowest BCUT2D eigenvalue weighted by Gasteiger charge is -2.35. The van der Waals surface area contributed by atoms with Gasteiger partial charge in [0, 0.05) is 12.6 Å². The summed E-state index contributed by atoms with van der Waals surface area (Å²) in [5, 5.41) is 3.18. The van der Waals surface area contributed by atoms with Crippen molar-refractivity contribution in [1.29, 1.82) is 0 Å². The highest BCUT2D eigenvalue weighted by atomic mass is 32.2. The van der Waals surface area contributed by atoms with Crippen molar-refractivity contribution in [2.75, 3.05) is 11.9 Å². The Kier molecular flexibility index (Phi) is 5.76. The van der Waals surface area contributed by atoms with E-state index in [-0.39, 0.29) is 23.0 Å². The van der Waals surface area contributed by atoms with E-state index in [0.717, 1.165) is 19.4 Å². The number of anilines is 1. The minimum atomic E-state index is -3.48. The molecule has 140 valence electrons. The summed E-state index contributed by atoms with van der Waals surface area (Å²) in [7, 11) is -3.48. The van der Waals surface area contributed by atoms with Crippen LogP contribution in [0.4, 0.5) is 5.69 Å². The predicted molar refractivity (Wildman–Crippen MR) is 99.3 cm³/mol. The predicted octanol–water partition coefficient (Wildman–Crippen LogP) is 2.86. The molecule has 0 aromatic carbocycles. The fourth-order valence-electron chi connectivity index (χ4n) is 2.92. The van der Waals surface area contributed by atoms with Crippen LogP contribution in [0.2, 0.25) is 0 Å². The lowest BCUT2D eigenvalue weighted by atomic mass is 10.0. The van der Waals surface area contributed by atoms with Gasteiger partial charge in [-0.2, -0.15) is 0 Å². The molecule has 2 rings (SSSR count). The van der Waals surface area contributed by atoms with E-state index in [4.69, 9.17) is 0 Å². The van der Waals surface area contributed by atoms with Gasteiger partial charge in [-0.3, -0.25) is 4.79 Å². The SMILES string of the molecule is CC(Nc1ccc(S(=O)(=O)C(C)(C)C)nc1)C(=O)N1CCCCC1C. The summed E-state index contributed by atoms with van der Waals surface area (Å²) in [5.41, 5.74) is 0.637. The van der Waals surface area contributed by atoms with Crippen molar-refractivity contribution in [3.05, 3.63) is 18.3 Å². The quantitative estimate of drug-likeness (QED) is 0.885.